The lowest BCUT2D eigenvalue weighted by Crippen LogP contribution is -2.39. The maximum absolute atomic E-state index is 12.6. The normalized spacial score (nSPS) is 14.9. The summed E-state index contributed by atoms with van der Waals surface area (Å²) >= 11 is 0.978. The number of aliphatic hydroxyl groups is 1. The Balaban J connectivity index is 1.92. The van der Waals surface area contributed by atoms with Gasteiger partial charge in [-0.15, -0.1) is 11.3 Å². The van der Waals surface area contributed by atoms with Gasteiger partial charge in [0.05, 0.1) is 17.7 Å². The Morgan fingerprint density at radius 3 is 2.67 bits per heavy atom. The number of thiazole rings is 1. The molecule has 0 bridgehead atoms. The number of alkyl halides is 3. The molecule has 0 fully saturated rings. The maximum atomic E-state index is 12.6. The summed E-state index contributed by atoms with van der Waals surface area (Å²) < 4.78 is 39.3. The quantitative estimate of drug-likeness (QED) is 0.485. The minimum absolute atomic E-state index is 0.101. The van der Waals surface area contributed by atoms with E-state index in [2.05, 4.69) is 25.7 Å². The zero-order valence-electron chi connectivity index (χ0n) is 15.3. The first-order chi connectivity index (χ1) is 12.6. The Morgan fingerprint density at radius 1 is 1.37 bits per heavy atom. The molecule has 2 heterocycles. The van der Waals surface area contributed by atoms with Crippen LogP contribution in [0.3, 0.4) is 0 Å². The van der Waals surface area contributed by atoms with Crippen molar-refractivity contribution in [2.45, 2.75) is 32.0 Å². The summed E-state index contributed by atoms with van der Waals surface area (Å²) in [7, 11) is 1.76. The molecule has 0 saturated heterocycles. The highest BCUT2D eigenvalue weighted by Crippen LogP contribution is 2.30. The highest BCUT2D eigenvalue weighted by molar-refractivity contribution is 7.09. The van der Waals surface area contributed by atoms with Crippen LogP contribution in [0.25, 0.3) is 0 Å². The van der Waals surface area contributed by atoms with Crippen LogP contribution >= 0.6 is 11.3 Å². The molecule has 0 aliphatic carbocycles. The van der Waals surface area contributed by atoms with Gasteiger partial charge in [0.2, 0.25) is 0 Å². The largest absolute Gasteiger partial charge is 0.434 e. The number of hydrogen-bond acceptors (Lipinski definition) is 5. The molecule has 0 aliphatic rings. The summed E-state index contributed by atoms with van der Waals surface area (Å²) in [4.78, 5) is 7.95. The van der Waals surface area contributed by atoms with Crippen LogP contribution in [0.4, 0.5) is 13.2 Å². The summed E-state index contributed by atoms with van der Waals surface area (Å²) in [6.07, 6.45) is -0.784. The zero-order chi connectivity index (χ0) is 20.1. The van der Waals surface area contributed by atoms with E-state index in [1.54, 1.807) is 31.0 Å². The molecule has 0 amide bonds. The van der Waals surface area contributed by atoms with E-state index >= 15 is 0 Å². The average molecular weight is 404 g/mol. The molecule has 0 aliphatic heterocycles. The van der Waals surface area contributed by atoms with Crippen LogP contribution in [0.1, 0.15) is 30.1 Å². The number of guanidine groups is 1. The lowest BCUT2D eigenvalue weighted by atomic mass is 10.0. The van der Waals surface area contributed by atoms with E-state index in [9.17, 15) is 18.3 Å². The summed E-state index contributed by atoms with van der Waals surface area (Å²) in [6, 6.07) is 0. The van der Waals surface area contributed by atoms with Crippen molar-refractivity contribution < 1.29 is 18.3 Å². The van der Waals surface area contributed by atoms with Gasteiger partial charge >= 0.3 is 6.18 Å². The van der Waals surface area contributed by atoms with E-state index in [-0.39, 0.29) is 6.54 Å². The van der Waals surface area contributed by atoms with Crippen LogP contribution < -0.4 is 10.6 Å². The van der Waals surface area contributed by atoms with Gasteiger partial charge in [0.1, 0.15) is 5.60 Å². The van der Waals surface area contributed by atoms with E-state index < -0.39 is 17.5 Å². The number of hydrogen-bond donors (Lipinski definition) is 3. The van der Waals surface area contributed by atoms with Gasteiger partial charge in [0.15, 0.2) is 11.7 Å². The summed E-state index contributed by atoms with van der Waals surface area (Å²) in [6.45, 7) is 4.61. The van der Waals surface area contributed by atoms with Gasteiger partial charge in [-0.05, 0) is 13.8 Å². The van der Waals surface area contributed by atoms with Crippen LogP contribution in [-0.2, 0) is 25.2 Å². The molecule has 2 aromatic rings. The smallest absolute Gasteiger partial charge is 0.383 e. The van der Waals surface area contributed by atoms with Crippen LogP contribution in [0.5, 0.6) is 0 Å². The van der Waals surface area contributed by atoms with Crippen molar-refractivity contribution in [2.75, 3.05) is 19.6 Å². The highest BCUT2D eigenvalue weighted by atomic mass is 32.1. The molecule has 27 heavy (non-hydrogen) atoms. The Bertz CT molecular complexity index is 768. The first-order valence-corrected chi connectivity index (χ1v) is 9.25. The van der Waals surface area contributed by atoms with Crippen LogP contribution in [0.15, 0.2) is 22.8 Å². The molecule has 0 saturated carbocycles. The van der Waals surface area contributed by atoms with Gasteiger partial charge in [-0.3, -0.25) is 4.68 Å². The Kier molecular flexibility index (Phi) is 6.82. The van der Waals surface area contributed by atoms with E-state index in [0.717, 1.165) is 16.7 Å². The lowest BCUT2D eigenvalue weighted by molar-refractivity contribution is -0.140. The van der Waals surface area contributed by atoms with Crippen molar-refractivity contribution in [3.05, 3.63) is 34.0 Å². The number of aliphatic imine (C=N–C) groups is 1. The van der Waals surface area contributed by atoms with Gasteiger partial charge < -0.3 is 15.7 Å². The molecular formula is C16H23F3N6OS. The van der Waals surface area contributed by atoms with Gasteiger partial charge in [-0.1, -0.05) is 0 Å². The molecule has 1 atom stereocenters. The zero-order valence-corrected chi connectivity index (χ0v) is 16.2. The van der Waals surface area contributed by atoms with E-state index in [4.69, 9.17) is 0 Å². The maximum Gasteiger partial charge on any atom is 0.434 e. The molecular weight excluding hydrogens is 381 g/mol. The molecule has 2 rings (SSSR count). The number of halogens is 3. The second-order valence-corrected chi connectivity index (χ2v) is 7.12. The minimum Gasteiger partial charge on any atom is -0.383 e. The highest BCUT2D eigenvalue weighted by Gasteiger charge is 2.33. The first kappa shape index (κ1) is 21.2. The third kappa shape index (κ3) is 6.21. The standard InChI is InChI=1S/C16H23F3N6OS/c1-4-20-14(22-10-15(2,26)11-7-23-25(3)8-11)21-6-5-13-24-12(9-27-13)16(17,18)19/h7-9,26H,4-6,10H2,1-3H3,(H2,20,21,22). The number of rotatable bonds is 7. The van der Waals surface area contributed by atoms with Crippen molar-refractivity contribution in [1.82, 2.24) is 25.4 Å². The summed E-state index contributed by atoms with van der Waals surface area (Å²) in [5, 5.41) is 22.1. The monoisotopic (exact) mass is 404 g/mol. The molecule has 1 unspecified atom stereocenters. The number of nitrogens with one attached hydrogen (secondary N) is 2. The molecule has 0 spiro atoms. The number of aryl methyl sites for hydroxylation is 1. The molecule has 150 valence electrons. The summed E-state index contributed by atoms with van der Waals surface area (Å²) in [5.41, 5.74) is -1.41. The van der Waals surface area contributed by atoms with Crippen molar-refractivity contribution in [1.29, 1.82) is 0 Å². The van der Waals surface area contributed by atoms with Gasteiger partial charge in [0.25, 0.3) is 0 Å². The number of aromatic nitrogens is 3. The first-order valence-electron chi connectivity index (χ1n) is 8.37. The van der Waals surface area contributed by atoms with Crippen molar-refractivity contribution in [3.63, 3.8) is 0 Å². The Hall–Kier alpha value is -2.14. The fraction of sp³-hybridized carbons (Fsp3) is 0.562. The van der Waals surface area contributed by atoms with Crippen molar-refractivity contribution >= 4 is 17.3 Å². The van der Waals surface area contributed by atoms with Gasteiger partial charge in [0, 0.05) is 43.7 Å². The second kappa shape index (κ2) is 8.70. The van der Waals surface area contributed by atoms with Crippen molar-refractivity contribution in [2.24, 2.45) is 12.0 Å². The predicted molar refractivity (Wildman–Crippen MR) is 97.6 cm³/mol. The molecule has 3 N–H and O–H groups in total. The van der Waals surface area contributed by atoms with Crippen LogP contribution in [-0.4, -0.2) is 45.5 Å². The Labute approximate surface area is 159 Å². The lowest BCUT2D eigenvalue weighted by Gasteiger charge is -2.20. The third-order valence-electron chi connectivity index (χ3n) is 3.69. The average Bonchev–Trinajstić information content (AvgIpc) is 3.22. The summed E-state index contributed by atoms with van der Waals surface area (Å²) in [5.74, 6) is 0.467. The number of nitrogens with zero attached hydrogens (tertiary/aromatic N) is 4. The topological polar surface area (TPSA) is 87.4 Å². The Morgan fingerprint density at radius 2 is 2.11 bits per heavy atom. The van der Waals surface area contributed by atoms with E-state index in [1.807, 2.05) is 6.92 Å². The van der Waals surface area contributed by atoms with Gasteiger partial charge in [-0.25, -0.2) is 9.98 Å². The second-order valence-electron chi connectivity index (χ2n) is 6.17. The molecule has 7 nitrogen and oxygen atoms in total. The van der Waals surface area contributed by atoms with Crippen molar-refractivity contribution in [3.8, 4) is 0 Å². The van der Waals surface area contributed by atoms with Crippen LogP contribution in [0, 0.1) is 0 Å². The molecule has 2 aromatic heterocycles. The molecule has 11 heteroatoms. The van der Waals surface area contributed by atoms with E-state index in [1.165, 1.54) is 0 Å². The predicted octanol–water partition coefficient (Wildman–Crippen LogP) is 1.90. The van der Waals surface area contributed by atoms with Crippen LogP contribution in [0.2, 0.25) is 0 Å². The fourth-order valence-corrected chi connectivity index (χ4v) is 3.01. The SMILES string of the molecule is CCNC(=NCC(C)(O)c1cnn(C)c1)NCCc1nc(C(F)(F)F)cs1. The van der Waals surface area contributed by atoms with Gasteiger partial charge in [-0.2, -0.15) is 18.3 Å². The third-order valence-corrected chi connectivity index (χ3v) is 4.60. The molecule has 0 aromatic carbocycles. The fourth-order valence-electron chi connectivity index (χ4n) is 2.21. The molecule has 0 radical (unpaired) electrons. The van der Waals surface area contributed by atoms with E-state index in [0.29, 0.717) is 36.0 Å². The minimum atomic E-state index is -4.42.